The number of piperazine rings is 1. The largest absolute Gasteiger partial charge is 0.347 e. The zero-order chi connectivity index (χ0) is 18.0. The van der Waals surface area contributed by atoms with Gasteiger partial charge >= 0.3 is 5.69 Å². The van der Waals surface area contributed by atoms with Gasteiger partial charge in [-0.15, -0.1) is 0 Å². The standard InChI is InChI=1S/C17H25N5O3/c1-19-9-6-17(5-4-14(19)23)13-22(11-10-20(17)2)15(24)12-21-8-3-7-18-16(21)25/h3,7-8H,4-6,9-13H2,1-2H3. The molecular weight excluding hydrogens is 322 g/mol. The molecule has 25 heavy (non-hydrogen) atoms. The molecule has 0 radical (unpaired) electrons. The molecule has 0 aliphatic carbocycles. The van der Waals surface area contributed by atoms with Crippen LogP contribution in [-0.2, 0) is 16.1 Å². The first-order valence-electron chi connectivity index (χ1n) is 8.66. The summed E-state index contributed by atoms with van der Waals surface area (Å²) in [6.07, 6.45) is 5.11. The highest BCUT2D eigenvalue weighted by Crippen LogP contribution is 2.31. The Balaban J connectivity index is 1.73. The highest BCUT2D eigenvalue weighted by atomic mass is 16.2. The Hall–Kier alpha value is -2.22. The summed E-state index contributed by atoms with van der Waals surface area (Å²) in [6, 6.07) is 1.65. The molecule has 136 valence electrons. The number of likely N-dealkylation sites (tertiary alicyclic amines) is 1. The molecule has 1 unspecified atom stereocenters. The zero-order valence-corrected chi connectivity index (χ0v) is 14.8. The van der Waals surface area contributed by atoms with Crippen LogP contribution in [0.25, 0.3) is 0 Å². The average Bonchev–Trinajstić information content (AvgIpc) is 2.74. The SMILES string of the molecule is CN1CCC2(CCC1=O)CN(C(=O)Cn1cccnc1=O)CCN2C. The summed E-state index contributed by atoms with van der Waals surface area (Å²) in [4.78, 5) is 46.0. The van der Waals surface area contributed by atoms with Crippen LogP contribution >= 0.6 is 0 Å². The Kier molecular flexibility index (Phi) is 4.89. The van der Waals surface area contributed by atoms with Crippen molar-refractivity contribution < 1.29 is 9.59 Å². The molecule has 8 heteroatoms. The van der Waals surface area contributed by atoms with Crippen LogP contribution in [0.4, 0.5) is 0 Å². The van der Waals surface area contributed by atoms with Gasteiger partial charge in [0, 0.05) is 57.6 Å². The molecule has 2 aliphatic rings. The fourth-order valence-corrected chi connectivity index (χ4v) is 3.72. The minimum Gasteiger partial charge on any atom is -0.346 e. The van der Waals surface area contributed by atoms with Crippen molar-refractivity contribution in [1.29, 1.82) is 0 Å². The maximum atomic E-state index is 12.7. The summed E-state index contributed by atoms with van der Waals surface area (Å²) in [5.74, 6) is 0.0853. The molecule has 0 bridgehead atoms. The Morgan fingerprint density at radius 2 is 2.00 bits per heavy atom. The fourth-order valence-electron chi connectivity index (χ4n) is 3.72. The molecule has 1 aromatic heterocycles. The highest BCUT2D eigenvalue weighted by molar-refractivity contribution is 5.77. The summed E-state index contributed by atoms with van der Waals surface area (Å²) in [5.41, 5.74) is -0.588. The number of nitrogens with zero attached hydrogens (tertiary/aromatic N) is 5. The van der Waals surface area contributed by atoms with Crippen molar-refractivity contribution >= 4 is 11.8 Å². The van der Waals surface area contributed by atoms with E-state index >= 15 is 0 Å². The first-order valence-corrected chi connectivity index (χ1v) is 8.66. The van der Waals surface area contributed by atoms with Crippen LogP contribution in [0.2, 0.25) is 0 Å². The van der Waals surface area contributed by atoms with E-state index in [1.54, 1.807) is 17.2 Å². The molecule has 2 saturated heterocycles. The molecule has 2 fully saturated rings. The lowest BCUT2D eigenvalue weighted by molar-refractivity contribution is -0.137. The van der Waals surface area contributed by atoms with Gasteiger partial charge in [0.15, 0.2) is 0 Å². The molecular formula is C17H25N5O3. The normalized spacial score (nSPS) is 25.3. The molecule has 0 saturated carbocycles. The summed E-state index contributed by atoms with van der Waals surface area (Å²) in [6.45, 7) is 2.71. The summed E-state index contributed by atoms with van der Waals surface area (Å²) >= 11 is 0. The number of carbonyl (C=O) groups is 2. The van der Waals surface area contributed by atoms with E-state index in [2.05, 4.69) is 16.9 Å². The van der Waals surface area contributed by atoms with Crippen molar-refractivity contribution in [3.63, 3.8) is 0 Å². The number of likely N-dealkylation sites (N-methyl/N-ethyl adjacent to an activating group) is 1. The van der Waals surface area contributed by atoms with Gasteiger partial charge in [0.1, 0.15) is 6.54 Å². The lowest BCUT2D eigenvalue weighted by Crippen LogP contribution is -2.62. The van der Waals surface area contributed by atoms with Crippen LogP contribution < -0.4 is 5.69 Å². The molecule has 1 atom stereocenters. The quantitative estimate of drug-likeness (QED) is 0.714. The van der Waals surface area contributed by atoms with E-state index in [4.69, 9.17) is 0 Å². The van der Waals surface area contributed by atoms with Gasteiger partial charge in [-0.25, -0.2) is 9.78 Å². The van der Waals surface area contributed by atoms with E-state index in [9.17, 15) is 14.4 Å². The molecule has 2 amide bonds. The summed E-state index contributed by atoms with van der Waals surface area (Å²) in [7, 11) is 3.91. The monoisotopic (exact) mass is 347 g/mol. The van der Waals surface area contributed by atoms with Crippen LogP contribution in [0, 0.1) is 0 Å². The number of hydrogen-bond donors (Lipinski definition) is 0. The lowest BCUT2D eigenvalue weighted by atomic mass is 9.86. The fraction of sp³-hybridized carbons (Fsp3) is 0.647. The van der Waals surface area contributed by atoms with Gasteiger partial charge < -0.3 is 9.80 Å². The molecule has 8 nitrogen and oxygen atoms in total. The van der Waals surface area contributed by atoms with Gasteiger partial charge in [-0.3, -0.25) is 19.1 Å². The molecule has 0 N–H and O–H groups in total. The van der Waals surface area contributed by atoms with Crippen LogP contribution in [0.3, 0.4) is 0 Å². The lowest BCUT2D eigenvalue weighted by Gasteiger charge is -2.49. The Labute approximate surface area is 147 Å². The van der Waals surface area contributed by atoms with E-state index in [0.29, 0.717) is 26.1 Å². The van der Waals surface area contributed by atoms with Crippen LogP contribution in [0.5, 0.6) is 0 Å². The maximum Gasteiger partial charge on any atom is 0.347 e. The van der Waals surface area contributed by atoms with Gasteiger partial charge in [0.25, 0.3) is 0 Å². The average molecular weight is 347 g/mol. The smallest absolute Gasteiger partial charge is 0.346 e. The van der Waals surface area contributed by atoms with E-state index < -0.39 is 5.69 Å². The van der Waals surface area contributed by atoms with Gasteiger partial charge in [0.2, 0.25) is 11.8 Å². The minimum absolute atomic E-state index is 0.00526. The van der Waals surface area contributed by atoms with Gasteiger partial charge in [0.05, 0.1) is 0 Å². The zero-order valence-electron chi connectivity index (χ0n) is 14.8. The van der Waals surface area contributed by atoms with E-state index in [1.165, 1.54) is 10.8 Å². The van der Waals surface area contributed by atoms with Crippen molar-refractivity contribution in [1.82, 2.24) is 24.3 Å². The highest BCUT2D eigenvalue weighted by Gasteiger charge is 2.42. The third-order valence-corrected chi connectivity index (χ3v) is 5.58. The number of hydrogen-bond acceptors (Lipinski definition) is 5. The second-order valence-electron chi connectivity index (χ2n) is 7.06. The molecule has 1 aromatic rings. The predicted octanol–water partition coefficient (Wildman–Crippen LogP) is -0.602. The van der Waals surface area contributed by atoms with Gasteiger partial charge in [-0.2, -0.15) is 0 Å². The van der Waals surface area contributed by atoms with Crippen molar-refractivity contribution in [2.75, 3.05) is 40.3 Å². The second-order valence-corrected chi connectivity index (χ2v) is 7.06. The number of amides is 2. The first kappa shape index (κ1) is 17.6. The second kappa shape index (κ2) is 6.95. The van der Waals surface area contributed by atoms with Gasteiger partial charge in [-0.1, -0.05) is 0 Å². The Morgan fingerprint density at radius 1 is 1.20 bits per heavy atom. The molecule has 3 rings (SSSR count). The number of aromatic nitrogens is 2. The topological polar surface area (TPSA) is 78.8 Å². The number of rotatable bonds is 2. The Bertz CT molecular complexity index is 718. The van der Waals surface area contributed by atoms with Crippen molar-refractivity contribution in [3.8, 4) is 0 Å². The predicted molar refractivity (Wildman–Crippen MR) is 91.9 cm³/mol. The van der Waals surface area contributed by atoms with E-state index in [-0.39, 0.29) is 23.9 Å². The third-order valence-electron chi connectivity index (χ3n) is 5.58. The third kappa shape index (κ3) is 3.58. The first-order chi connectivity index (χ1) is 11.9. The summed E-state index contributed by atoms with van der Waals surface area (Å²) < 4.78 is 1.33. The minimum atomic E-state index is -0.415. The van der Waals surface area contributed by atoms with Crippen LogP contribution in [-0.4, -0.2) is 81.9 Å². The Morgan fingerprint density at radius 3 is 2.76 bits per heavy atom. The number of carbonyl (C=O) groups excluding carboxylic acids is 2. The molecule has 0 aromatic carbocycles. The van der Waals surface area contributed by atoms with Crippen LogP contribution in [0.1, 0.15) is 19.3 Å². The maximum absolute atomic E-state index is 12.7. The molecule has 1 spiro atoms. The summed E-state index contributed by atoms with van der Waals surface area (Å²) in [5, 5.41) is 0. The van der Waals surface area contributed by atoms with Crippen LogP contribution in [0.15, 0.2) is 23.3 Å². The van der Waals surface area contributed by atoms with Gasteiger partial charge in [-0.05, 0) is 26.0 Å². The van der Waals surface area contributed by atoms with E-state index in [1.807, 2.05) is 11.9 Å². The van der Waals surface area contributed by atoms with Crippen molar-refractivity contribution in [2.24, 2.45) is 0 Å². The molecule has 3 heterocycles. The van der Waals surface area contributed by atoms with Crippen molar-refractivity contribution in [3.05, 3.63) is 28.9 Å². The molecule has 2 aliphatic heterocycles. The van der Waals surface area contributed by atoms with Crippen molar-refractivity contribution in [2.45, 2.75) is 31.3 Å². The van der Waals surface area contributed by atoms with E-state index in [0.717, 1.165) is 19.4 Å².